The molecule has 0 aromatic heterocycles. The molecule has 0 spiro atoms. The first kappa shape index (κ1) is 10.6. The van der Waals surface area contributed by atoms with Gasteiger partial charge in [0.05, 0.1) is 0 Å². The summed E-state index contributed by atoms with van der Waals surface area (Å²) >= 11 is 0. The number of benzene rings is 2. The maximum Gasteiger partial charge on any atom is 0.119 e. The first-order chi connectivity index (χ1) is 7.58. The van der Waals surface area contributed by atoms with Gasteiger partial charge in [0.25, 0.3) is 0 Å². The van der Waals surface area contributed by atoms with E-state index in [-0.39, 0.29) is 11.5 Å². The Morgan fingerprint density at radius 2 is 1.06 bits per heavy atom. The molecule has 0 radical (unpaired) electrons. The van der Waals surface area contributed by atoms with E-state index in [1.54, 1.807) is 12.1 Å². The summed E-state index contributed by atoms with van der Waals surface area (Å²) in [6, 6.07) is 11.0. The van der Waals surface area contributed by atoms with Crippen LogP contribution in [0.5, 0.6) is 11.5 Å². The van der Waals surface area contributed by atoms with Gasteiger partial charge in [0, 0.05) is 0 Å². The normalized spacial score (nSPS) is 10.4. The van der Waals surface area contributed by atoms with E-state index in [1.165, 1.54) is 0 Å². The van der Waals surface area contributed by atoms with Gasteiger partial charge in [-0.1, -0.05) is 24.3 Å². The van der Waals surface area contributed by atoms with Crippen molar-refractivity contribution in [3.8, 4) is 22.6 Å². The number of phenolic OH excluding ortho intramolecular Hbond substituents is 2. The molecular formula is C14H14O2. The second-order valence-electron chi connectivity index (χ2n) is 4.00. The van der Waals surface area contributed by atoms with Crippen molar-refractivity contribution < 1.29 is 10.2 Å². The van der Waals surface area contributed by atoms with E-state index < -0.39 is 0 Å². The zero-order chi connectivity index (χ0) is 11.7. The van der Waals surface area contributed by atoms with Crippen LogP contribution >= 0.6 is 0 Å². The molecule has 0 heterocycles. The molecule has 2 heteroatoms. The van der Waals surface area contributed by atoms with Crippen molar-refractivity contribution in [2.24, 2.45) is 0 Å². The van der Waals surface area contributed by atoms with E-state index >= 15 is 0 Å². The van der Waals surface area contributed by atoms with Crippen LogP contribution in [-0.2, 0) is 0 Å². The monoisotopic (exact) mass is 214 g/mol. The Kier molecular flexibility index (Phi) is 2.57. The predicted octanol–water partition coefficient (Wildman–Crippen LogP) is 3.38. The van der Waals surface area contributed by atoms with Crippen molar-refractivity contribution in [3.05, 3.63) is 47.5 Å². The molecule has 0 aliphatic rings. The first-order valence-electron chi connectivity index (χ1n) is 5.17. The van der Waals surface area contributed by atoms with Crippen molar-refractivity contribution in [3.63, 3.8) is 0 Å². The lowest BCUT2D eigenvalue weighted by atomic mass is 10.0. The van der Waals surface area contributed by atoms with Gasteiger partial charge in [-0.15, -0.1) is 0 Å². The molecule has 2 aromatic carbocycles. The Balaban J connectivity index is 2.50. The highest BCUT2D eigenvalue weighted by Gasteiger charge is 2.03. The van der Waals surface area contributed by atoms with Crippen LogP contribution in [0.1, 0.15) is 11.1 Å². The summed E-state index contributed by atoms with van der Waals surface area (Å²) in [5, 5.41) is 19.2. The molecular weight excluding hydrogens is 200 g/mol. The van der Waals surface area contributed by atoms with Gasteiger partial charge in [-0.3, -0.25) is 0 Å². The van der Waals surface area contributed by atoms with Gasteiger partial charge < -0.3 is 10.2 Å². The quantitative estimate of drug-likeness (QED) is 0.764. The second-order valence-corrected chi connectivity index (χ2v) is 4.00. The number of aryl methyl sites for hydroxylation is 2. The van der Waals surface area contributed by atoms with Crippen LogP contribution in [0.4, 0.5) is 0 Å². The highest BCUT2D eigenvalue weighted by atomic mass is 16.3. The summed E-state index contributed by atoms with van der Waals surface area (Å²) in [7, 11) is 0. The summed E-state index contributed by atoms with van der Waals surface area (Å²) in [6.45, 7) is 3.71. The smallest absolute Gasteiger partial charge is 0.119 e. The lowest BCUT2D eigenvalue weighted by Crippen LogP contribution is -1.81. The summed E-state index contributed by atoms with van der Waals surface area (Å²) in [5.74, 6) is 0.551. The van der Waals surface area contributed by atoms with Gasteiger partial charge in [-0.25, -0.2) is 0 Å². The standard InChI is InChI=1S/C14H14O2/c1-9-3-5-11(7-13(9)15)12-6-4-10(2)14(16)8-12/h3-8,15-16H,1-2H3. The Bertz CT molecular complexity index is 481. The van der Waals surface area contributed by atoms with Crippen molar-refractivity contribution in [1.29, 1.82) is 0 Å². The van der Waals surface area contributed by atoms with Crippen molar-refractivity contribution in [2.75, 3.05) is 0 Å². The molecule has 2 nitrogen and oxygen atoms in total. The van der Waals surface area contributed by atoms with Crippen LogP contribution in [0.3, 0.4) is 0 Å². The fourth-order valence-electron chi connectivity index (χ4n) is 1.58. The van der Waals surface area contributed by atoms with Crippen molar-refractivity contribution in [2.45, 2.75) is 13.8 Å². The van der Waals surface area contributed by atoms with Gasteiger partial charge in [0.15, 0.2) is 0 Å². The SMILES string of the molecule is Cc1ccc(-c2ccc(C)c(O)c2)cc1O. The van der Waals surface area contributed by atoms with Crippen molar-refractivity contribution >= 4 is 0 Å². The zero-order valence-corrected chi connectivity index (χ0v) is 9.36. The average Bonchev–Trinajstić information content (AvgIpc) is 2.26. The maximum atomic E-state index is 9.62. The van der Waals surface area contributed by atoms with E-state index in [0.29, 0.717) is 0 Å². The van der Waals surface area contributed by atoms with E-state index in [0.717, 1.165) is 22.3 Å². The molecule has 0 bridgehead atoms. The van der Waals surface area contributed by atoms with Crippen LogP contribution in [0.15, 0.2) is 36.4 Å². The molecule has 82 valence electrons. The van der Waals surface area contributed by atoms with E-state index in [2.05, 4.69) is 0 Å². The second kappa shape index (κ2) is 3.89. The maximum absolute atomic E-state index is 9.62. The van der Waals surface area contributed by atoms with Crippen LogP contribution < -0.4 is 0 Å². The Hall–Kier alpha value is -1.96. The molecule has 0 unspecified atom stereocenters. The van der Waals surface area contributed by atoms with Crippen LogP contribution in [0.2, 0.25) is 0 Å². The fourth-order valence-corrected chi connectivity index (χ4v) is 1.58. The highest BCUT2D eigenvalue weighted by Crippen LogP contribution is 2.29. The molecule has 0 fully saturated rings. The fraction of sp³-hybridized carbons (Fsp3) is 0.143. The minimum Gasteiger partial charge on any atom is -0.508 e. The van der Waals surface area contributed by atoms with Gasteiger partial charge in [0.2, 0.25) is 0 Å². The molecule has 2 aromatic rings. The number of hydrogen-bond acceptors (Lipinski definition) is 2. The average molecular weight is 214 g/mol. The van der Waals surface area contributed by atoms with Gasteiger partial charge in [-0.2, -0.15) is 0 Å². The number of rotatable bonds is 1. The molecule has 0 aliphatic carbocycles. The van der Waals surface area contributed by atoms with Crippen LogP contribution in [0.25, 0.3) is 11.1 Å². The first-order valence-corrected chi connectivity index (χ1v) is 5.17. The summed E-state index contributed by atoms with van der Waals surface area (Å²) in [6.07, 6.45) is 0. The predicted molar refractivity (Wildman–Crippen MR) is 64.7 cm³/mol. The lowest BCUT2D eigenvalue weighted by Gasteiger charge is -2.06. The Morgan fingerprint density at radius 3 is 1.38 bits per heavy atom. The molecule has 2 N–H and O–H groups in total. The third kappa shape index (κ3) is 1.87. The summed E-state index contributed by atoms with van der Waals surface area (Å²) in [4.78, 5) is 0. The Morgan fingerprint density at radius 1 is 0.688 bits per heavy atom. The molecule has 0 saturated heterocycles. The topological polar surface area (TPSA) is 40.5 Å². The molecule has 16 heavy (non-hydrogen) atoms. The molecule has 0 aliphatic heterocycles. The molecule has 0 saturated carbocycles. The largest absolute Gasteiger partial charge is 0.508 e. The number of hydrogen-bond donors (Lipinski definition) is 2. The van der Waals surface area contributed by atoms with E-state index in [9.17, 15) is 10.2 Å². The molecule has 0 amide bonds. The third-order valence-corrected chi connectivity index (χ3v) is 2.75. The molecule has 2 rings (SSSR count). The zero-order valence-electron chi connectivity index (χ0n) is 9.36. The summed E-state index contributed by atoms with van der Waals surface area (Å²) < 4.78 is 0. The minimum absolute atomic E-state index is 0.276. The Labute approximate surface area is 94.8 Å². The minimum atomic E-state index is 0.276. The van der Waals surface area contributed by atoms with E-state index in [4.69, 9.17) is 0 Å². The van der Waals surface area contributed by atoms with Crippen molar-refractivity contribution in [1.82, 2.24) is 0 Å². The highest BCUT2D eigenvalue weighted by molar-refractivity contribution is 5.68. The van der Waals surface area contributed by atoms with Gasteiger partial charge >= 0.3 is 0 Å². The molecule has 0 atom stereocenters. The van der Waals surface area contributed by atoms with Gasteiger partial charge in [0.1, 0.15) is 11.5 Å². The van der Waals surface area contributed by atoms with E-state index in [1.807, 2.05) is 38.1 Å². The number of phenols is 2. The summed E-state index contributed by atoms with van der Waals surface area (Å²) in [5.41, 5.74) is 3.50. The van der Waals surface area contributed by atoms with Gasteiger partial charge in [-0.05, 0) is 48.2 Å². The number of aromatic hydroxyl groups is 2. The lowest BCUT2D eigenvalue weighted by molar-refractivity contribution is 0.470. The third-order valence-electron chi connectivity index (χ3n) is 2.75. The van der Waals surface area contributed by atoms with Crippen LogP contribution in [0, 0.1) is 13.8 Å². The van der Waals surface area contributed by atoms with Crippen LogP contribution in [-0.4, -0.2) is 10.2 Å².